The van der Waals surface area contributed by atoms with Crippen molar-refractivity contribution < 1.29 is 9.53 Å². The number of ether oxygens (including phenoxy) is 1. The minimum Gasteiger partial charge on any atom is -0.465 e. The normalized spacial score (nSPS) is 15.9. The lowest BCUT2D eigenvalue weighted by Crippen LogP contribution is -2.10. The minimum absolute atomic E-state index is 0.329. The predicted molar refractivity (Wildman–Crippen MR) is 91.6 cm³/mol. The van der Waals surface area contributed by atoms with Crippen LogP contribution in [0.3, 0.4) is 0 Å². The summed E-state index contributed by atoms with van der Waals surface area (Å²) in [6, 6.07) is 9.84. The van der Waals surface area contributed by atoms with Crippen molar-refractivity contribution in [1.82, 2.24) is 4.57 Å². The van der Waals surface area contributed by atoms with Crippen molar-refractivity contribution in [3.8, 4) is 0 Å². The smallest absolute Gasteiger partial charge is 0.337 e. The van der Waals surface area contributed by atoms with E-state index in [0.29, 0.717) is 11.6 Å². The van der Waals surface area contributed by atoms with E-state index >= 15 is 0 Å². The molecule has 0 N–H and O–H groups in total. The van der Waals surface area contributed by atoms with E-state index in [0.717, 1.165) is 11.3 Å². The fourth-order valence-electron chi connectivity index (χ4n) is 3.06. The third-order valence-corrected chi connectivity index (χ3v) is 4.38. The van der Waals surface area contributed by atoms with Gasteiger partial charge in [-0.15, -0.1) is 0 Å². The van der Waals surface area contributed by atoms with Gasteiger partial charge in [-0.05, 0) is 43.2 Å². The Bertz CT molecular complexity index is 680. The second-order valence-electron chi connectivity index (χ2n) is 5.98. The molecular formula is C19H22N2O2. The van der Waals surface area contributed by atoms with Gasteiger partial charge in [0.05, 0.1) is 18.4 Å². The Balaban J connectivity index is 1.65. The third-order valence-electron chi connectivity index (χ3n) is 4.38. The van der Waals surface area contributed by atoms with E-state index in [4.69, 9.17) is 0 Å². The molecule has 4 nitrogen and oxygen atoms in total. The second-order valence-corrected chi connectivity index (χ2v) is 5.98. The highest BCUT2D eigenvalue weighted by atomic mass is 16.5. The molecule has 4 heteroatoms. The summed E-state index contributed by atoms with van der Waals surface area (Å²) in [7, 11) is 1.38. The summed E-state index contributed by atoms with van der Waals surface area (Å²) in [6.45, 7) is 0. The fourth-order valence-corrected chi connectivity index (χ4v) is 3.06. The van der Waals surface area contributed by atoms with Crippen LogP contribution in [-0.4, -0.2) is 23.9 Å². The van der Waals surface area contributed by atoms with Crippen molar-refractivity contribution in [3.63, 3.8) is 0 Å². The van der Waals surface area contributed by atoms with Gasteiger partial charge in [0.1, 0.15) is 0 Å². The summed E-state index contributed by atoms with van der Waals surface area (Å²) in [6.07, 6.45) is 12.8. The van der Waals surface area contributed by atoms with Gasteiger partial charge in [0, 0.05) is 30.2 Å². The van der Waals surface area contributed by atoms with Crippen LogP contribution in [0.1, 0.15) is 54.1 Å². The number of aliphatic imine (C=N–C) groups is 1. The molecule has 1 aliphatic carbocycles. The molecule has 1 aliphatic rings. The van der Waals surface area contributed by atoms with Gasteiger partial charge >= 0.3 is 5.97 Å². The molecule has 1 saturated carbocycles. The van der Waals surface area contributed by atoms with E-state index in [1.807, 2.05) is 18.3 Å². The molecule has 1 heterocycles. The van der Waals surface area contributed by atoms with Crippen LogP contribution in [0.4, 0.5) is 5.69 Å². The highest BCUT2D eigenvalue weighted by Gasteiger charge is 2.14. The Morgan fingerprint density at radius 2 is 1.91 bits per heavy atom. The summed E-state index contributed by atoms with van der Waals surface area (Å²) < 4.78 is 7.01. The Labute approximate surface area is 136 Å². The van der Waals surface area contributed by atoms with Crippen LogP contribution in [0.2, 0.25) is 0 Å². The molecule has 0 amide bonds. The van der Waals surface area contributed by atoms with Crippen LogP contribution in [0.5, 0.6) is 0 Å². The number of esters is 1. The summed E-state index contributed by atoms with van der Waals surface area (Å²) in [5, 5.41) is 0. The van der Waals surface area contributed by atoms with Crippen molar-refractivity contribution in [2.24, 2.45) is 4.99 Å². The topological polar surface area (TPSA) is 43.6 Å². The zero-order valence-electron chi connectivity index (χ0n) is 13.4. The number of hydrogen-bond donors (Lipinski definition) is 0. The first-order valence-electron chi connectivity index (χ1n) is 8.16. The lowest BCUT2D eigenvalue weighted by atomic mass is 9.95. The van der Waals surface area contributed by atoms with Crippen LogP contribution in [0.15, 0.2) is 47.7 Å². The maximum absolute atomic E-state index is 11.4. The summed E-state index contributed by atoms with van der Waals surface area (Å²) in [5.41, 5.74) is 2.46. The molecule has 23 heavy (non-hydrogen) atoms. The quantitative estimate of drug-likeness (QED) is 0.615. The van der Waals surface area contributed by atoms with Crippen LogP contribution >= 0.6 is 0 Å². The number of carbonyl (C=O) groups is 1. The molecule has 0 aliphatic heterocycles. The number of carbonyl (C=O) groups excluding carboxylic acids is 1. The first kappa shape index (κ1) is 15.5. The lowest BCUT2D eigenvalue weighted by Gasteiger charge is -2.23. The SMILES string of the molecule is COC(=O)c1ccc(N=Cc2ccn(C3CCCCC3)c2)cc1. The van der Waals surface area contributed by atoms with E-state index in [9.17, 15) is 4.79 Å². The Hall–Kier alpha value is -2.36. The van der Waals surface area contributed by atoms with Crippen molar-refractivity contribution in [3.05, 3.63) is 53.9 Å². The standard InChI is InChI=1S/C19H22N2O2/c1-23-19(22)16-7-9-17(10-8-16)20-13-15-11-12-21(14-15)18-5-3-2-4-6-18/h7-14,18H,2-6H2,1H3. The first-order valence-corrected chi connectivity index (χ1v) is 8.16. The molecular weight excluding hydrogens is 288 g/mol. The van der Waals surface area contributed by atoms with E-state index in [1.54, 1.807) is 12.1 Å². The molecule has 120 valence electrons. The molecule has 1 fully saturated rings. The Morgan fingerprint density at radius 1 is 1.17 bits per heavy atom. The van der Waals surface area contributed by atoms with Crippen LogP contribution in [0.25, 0.3) is 0 Å². The number of methoxy groups -OCH3 is 1. The maximum atomic E-state index is 11.4. The van der Waals surface area contributed by atoms with Gasteiger partial charge in [-0.1, -0.05) is 19.3 Å². The highest BCUT2D eigenvalue weighted by molar-refractivity contribution is 5.89. The van der Waals surface area contributed by atoms with Crippen molar-refractivity contribution in [2.45, 2.75) is 38.1 Å². The number of hydrogen-bond acceptors (Lipinski definition) is 3. The van der Waals surface area contributed by atoms with Crippen molar-refractivity contribution in [2.75, 3.05) is 7.11 Å². The molecule has 0 unspecified atom stereocenters. The van der Waals surface area contributed by atoms with Gasteiger partial charge in [0.15, 0.2) is 0 Å². The number of rotatable bonds is 4. The van der Waals surface area contributed by atoms with E-state index < -0.39 is 0 Å². The molecule has 0 spiro atoms. The zero-order chi connectivity index (χ0) is 16.1. The third kappa shape index (κ3) is 3.89. The average molecular weight is 310 g/mol. The Kier molecular flexibility index (Phi) is 4.91. The van der Waals surface area contributed by atoms with Gasteiger partial charge in [0.25, 0.3) is 0 Å². The van der Waals surface area contributed by atoms with Gasteiger partial charge in [-0.2, -0.15) is 0 Å². The van der Waals surface area contributed by atoms with Gasteiger partial charge < -0.3 is 9.30 Å². The summed E-state index contributed by atoms with van der Waals surface area (Å²) in [4.78, 5) is 15.9. The zero-order valence-corrected chi connectivity index (χ0v) is 13.4. The van der Waals surface area contributed by atoms with E-state index in [1.165, 1.54) is 39.2 Å². The number of nitrogens with zero attached hydrogens (tertiary/aromatic N) is 2. The maximum Gasteiger partial charge on any atom is 0.337 e. The lowest BCUT2D eigenvalue weighted by molar-refractivity contribution is 0.0601. The second kappa shape index (κ2) is 7.27. The number of benzene rings is 1. The van der Waals surface area contributed by atoms with Crippen LogP contribution in [0, 0.1) is 0 Å². The molecule has 1 aromatic carbocycles. The van der Waals surface area contributed by atoms with E-state index in [-0.39, 0.29) is 5.97 Å². The van der Waals surface area contributed by atoms with Gasteiger partial charge in [0.2, 0.25) is 0 Å². The summed E-state index contributed by atoms with van der Waals surface area (Å²) in [5.74, 6) is -0.329. The van der Waals surface area contributed by atoms with Crippen molar-refractivity contribution in [1.29, 1.82) is 0 Å². The minimum atomic E-state index is -0.329. The fraction of sp³-hybridized carbons (Fsp3) is 0.368. The van der Waals surface area contributed by atoms with Gasteiger partial charge in [-0.25, -0.2) is 4.79 Å². The van der Waals surface area contributed by atoms with E-state index in [2.05, 4.69) is 32.8 Å². The number of aromatic nitrogens is 1. The molecule has 0 radical (unpaired) electrons. The monoisotopic (exact) mass is 310 g/mol. The highest BCUT2D eigenvalue weighted by Crippen LogP contribution is 2.28. The van der Waals surface area contributed by atoms with Crippen molar-refractivity contribution >= 4 is 17.9 Å². The molecule has 3 rings (SSSR count). The van der Waals surface area contributed by atoms with Gasteiger partial charge in [-0.3, -0.25) is 4.99 Å². The average Bonchev–Trinajstić information content (AvgIpc) is 3.09. The molecule has 0 atom stereocenters. The molecule has 0 bridgehead atoms. The molecule has 2 aromatic rings. The molecule has 1 aromatic heterocycles. The predicted octanol–water partition coefficient (Wildman–Crippen LogP) is 4.53. The Morgan fingerprint density at radius 3 is 2.61 bits per heavy atom. The van der Waals surface area contributed by atoms with Crippen LogP contribution < -0.4 is 0 Å². The summed E-state index contributed by atoms with van der Waals surface area (Å²) >= 11 is 0. The largest absolute Gasteiger partial charge is 0.465 e. The van der Waals surface area contributed by atoms with Crippen LogP contribution in [-0.2, 0) is 4.74 Å². The molecule has 0 saturated heterocycles. The first-order chi connectivity index (χ1) is 11.3.